The summed E-state index contributed by atoms with van der Waals surface area (Å²) >= 11 is 0. The lowest BCUT2D eigenvalue weighted by molar-refractivity contribution is 0.281. The molecule has 2 aromatic carbocycles. The van der Waals surface area contributed by atoms with E-state index >= 15 is 0 Å². The first-order chi connectivity index (χ1) is 14.5. The van der Waals surface area contributed by atoms with Crippen LogP contribution >= 0.6 is 0 Å². The maximum atomic E-state index is 5.79. The van der Waals surface area contributed by atoms with Crippen LogP contribution in [0.2, 0.25) is 0 Å². The fourth-order valence-electron chi connectivity index (χ4n) is 3.10. The van der Waals surface area contributed by atoms with Gasteiger partial charge in [-0.25, -0.2) is 0 Å². The standard InChI is InChI=1S/C24H36N4O2/c1-19-7-12-23(29-5)21(17-19)13-14-26-24(25-2)27-18-20-8-10-22(11-9-20)30-16-6-15-28(3)4/h7-12,17H,6,13-16,18H2,1-5H3,(H2,25,26,27). The molecule has 0 spiro atoms. The number of nitrogens with one attached hydrogen (secondary N) is 2. The number of methoxy groups -OCH3 is 1. The van der Waals surface area contributed by atoms with Crippen molar-refractivity contribution in [2.75, 3.05) is 47.9 Å². The summed E-state index contributed by atoms with van der Waals surface area (Å²) in [5, 5.41) is 6.73. The van der Waals surface area contributed by atoms with E-state index in [9.17, 15) is 0 Å². The lowest BCUT2D eigenvalue weighted by atomic mass is 10.1. The Morgan fingerprint density at radius 3 is 2.50 bits per heavy atom. The smallest absolute Gasteiger partial charge is 0.191 e. The summed E-state index contributed by atoms with van der Waals surface area (Å²) in [6, 6.07) is 14.5. The maximum absolute atomic E-state index is 5.79. The predicted molar refractivity (Wildman–Crippen MR) is 125 cm³/mol. The lowest BCUT2D eigenvalue weighted by Gasteiger charge is -2.14. The minimum atomic E-state index is 0.703. The van der Waals surface area contributed by atoms with E-state index in [1.807, 2.05) is 18.2 Å². The van der Waals surface area contributed by atoms with Gasteiger partial charge in [0.25, 0.3) is 0 Å². The highest BCUT2D eigenvalue weighted by Gasteiger charge is 2.04. The summed E-state index contributed by atoms with van der Waals surface area (Å²) in [6.07, 6.45) is 1.89. The van der Waals surface area contributed by atoms with E-state index in [0.717, 1.165) is 50.0 Å². The highest BCUT2D eigenvalue weighted by molar-refractivity contribution is 5.79. The van der Waals surface area contributed by atoms with E-state index in [1.165, 1.54) is 16.7 Å². The van der Waals surface area contributed by atoms with E-state index in [4.69, 9.17) is 9.47 Å². The normalized spacial score (nSPS) is 11.5. The highest BCUT2D eigenvalue weighted by atomic mass is 16.5. The molecular weight excluding hydrogens is 376 g/mol. The van der Waals surface area contributed by atoms with Crippen LogP contribution in [0.15, 0.2) is 47.5 Å². The second-order valence-electron chi connectivity index (χ2n) is 7.57. The minimum absolute atomic E-state index is 0.703. The number of aliphatic imine (C=N–C) groups is 1. The van der Waals surface area contributed by atoms with Gasteiger partial charge in [0.1, 0.15) is 11.5 Å². The number of guanidine groups is 1. The zero-order valence-electron chi connectivity index (χ0n) is 19.0. The van der Waals surface area contributed by atoms with Crippen LogP contribution < -0.4 is 20.1 Å². The molecule has 30 heavy (non-hydrogen) atoms. The van der Waals surface area contributed by atoms with Crippen molar-refractivity contribution in [2.45, 2.75) is 26.3 Å². The van der Waals surface area contributed by atoms with Crippen LogP contribution in [-0.4, -0.2) is 58.8 Å². The molecule has 0 bridgehead atoms. The predicted octanol–water partition coefficient (Wildman–Crippen LogP) is 3.24. The Bertz CT molecular complexity index is 788. The summed E-state index contributed by atoms with van der Waals surface area (Å²) in [5.74, 6) is 2.62. The molecule has 0 unspecified atom stereocenters. The second kappa shape index (κ2) is 12.8. The van der Waals surface area contributed by atoms with Gasteiger partial charge < -0.3 is 25.0 Å². The molecular formula is C24H36N4O2. The van der Waals surface area contributed by atoms with Gasteiger partial charge >= 0.3 is 0 Å². The first-order valence-corrected chi connectivity index (χ1v) is 10.5. The van der Waals surface area contributed by atoms with E-state index in [-0.39, 0.29) is 0 Å². The van der Waals surface area contributed by atoms with Gasteiger partial charge in [0.2, 0.25) is 0 Å². The first-order valence-electron chi connectivity index (χ1n) is 10.5. The monoisotopic (exact) mass is 412 g/mol. The molecule has 2 rings (SSSR count). The molecule has 0 saturated heterocycles. The molecule has 0 radical (unpaired) electrons. The Morgan fingerprint density at radius 1 is 1.07 bits per heavy atom. The topological polar surface area (TPSA) is 58.1 Å². The number of ether oxygens (including phenoxy) is 2. The largest absolute Gasteiger partial charge is 0.496 e. The minimum Gasteiger partial charge on any atom is -0.496 e. The average Bonchev–Trinajstić information content (AvgIpc) is 2.74. The molecule has 0 aliphatic rings. The van der Waals surface area contributed by atoms with Gasteiger partial charge in [-0.15, -0.1) is 0 Å². The van der Waals surface area contributed by atoms with Crippen molar-refractivity contribution < 1.29 is 9.47 Å². The number of nitrogens with zero attached hydrogens (tertiary/aromatic N) is 2. The Hall–Kier alpha value is -2.73. The van der Waals surface area contributed by atoms with Crippen LogP contribution in [0.1, 0.15) is 23.1 Å². The Kier molecular flexibility index (Phi) is 10.0. The molecule has 0 aromatic heterocycles. The molecule has 2 N–H and O–H groups in total. The first kappa shape index (κ1) is 23.5. The fraction of sp³-hybridized carbons (Fsp3) is 0.458. The fourth-order valence-corrected chi connectivity index (χ4v) is 3.10. The van der Waals surface area contributed by atoms with E-state index in [1.54, 1.807) is 14.2 Å². The van der Waals surface area contributed by atoms with Crippen molar-refractivity contribution in [1.82, 2.24) is 15.5 Å². The summed E-state index contributed by atoms with van der Waals surface area (Å²) in [7, 11) is 7.64. The van der Waals surface area contributed by atoms with Crippen LogP contribution in [0.4, 0.5) is 0 Å². The zero-order chi connectivity index (χ0) is 21.8. The number of rotatable bonds is 11. The summed E-state index contributed by atoms with van der Waals surface area (Å²) in [6.45, 7) is 5.34. The molecule has 6 heteroatoms. The molecule has 0 aliphatic carbocycles. The number of aryl methyl sites for hydroxylation is 1. The van der Waals surface area contributed by atoms with Gasteiger partial charge in [0.05, 0.1) is 13.7 Å². The van der Waals surface area contributed by atoms with Crippen LogP contribution in [0.3, 0.4) is 0 Å². The molecule has 0 amide bonds. The van der Waals surface area contributed by atoms with Gasteiger partial charge in [0, 0.05) is 26.7 Å². The second-order valence-corrected chi connectivity index (χ2v) is 7.57. The van der Waals surface area contributed by atoms with Crippen LogP contribution in [-0.2, 0) is 13.0 Å². The summed E-state index contributed by atoms with van der Waals surface area (Å²) < 4.78 is 11.2. The third-order valence-electron chi connectivity index (χ3n) is 4.75. The van der Waals surface area contributed by atoms with E-state index in [0.29, 0.717) is 6.54 Å². The van der Waals surface area contributed by atoms with E-state index < -0.39 is 0 Å². The average molecular weight is 413 g/mol. The van der Waals surface area contributed by atoms with Crippen LogP contribution in [0.5, 0.6) is 11.5 Å². The number of hydrogen-bond donors (Lipinski definition) is 2. The molecule has 2 aromatic rings. The van der Waals surface area contributed by atoms with Crippen molar-refractivity contribution >= 4 is 5.96 Å². The molecule has 0 heterocycles. The highest BCUT2D eigenvalue weighted by Crippen LogP contribution is 2.19. The third kappa shape index (κ3) is 8.33. The van der Waals surface area contributed by atoms with Gasteiger partial charge in [0.15, 0.2) is 5.96 Å². The Labute approximate surface area is 181 Å². The zero-order valence-corrected chi connectivity index (χ0v) is 19.0. The molecule has 0 atom stereocenters. The van der Waals surface area contributed by atoms with Gasteiger partial charge in [-0.1, -0.05) is 29.8 Å². The number of benzene rings is 2. The quantitative estimate of drug-likeness (QED) is 0.337. The van der Waals surface area contributed by atoms with Crippen molar-refractivity contribution in [1.29, 1.82) is 0 Å². The maximum Gasteiger partial charge on any atom is 0.191 e. The van der Waals surface area contributed by atoms with Crippen molar-refractivity contribution in [3.63, 3.8) is 0 Å². The third-order valence-corrected chi connectivity index (χ3v) is 4.75. The summed E-state index contributed by atoms with van der Waals surface area (Å²) in [5.41, 5.74) is 3.61. The van der Waals surface area contributed by atoms with Crippen molar-refractivity contribution in [2.24, 2.45) is 4.99 Å². The Morgan fingerprint density at radius 2 is 1.83 bits per heavy atom. The van der Waals surface area contributed by atoms with Crippen molar-refractivity contribution in [3.8, 4) is 11.5 Å². The molecule has 0 fully saturated rings. The van der Waals surface area contributed by atoms with Gasteiger partial charge in [-0.3, -0.25) is 4.99 Å². The molecule has 6 nitrogen and oxygen atoms in total. The van der Waals surface area contributed by atoms with Crippen LogP contribution in [0.25, 0.3) is 0 Å². The summed E-state index contributed by atoms with van der Waals surface area (Å²) in [4.78, 5) is 6.47. The molecule has 0 saturated carbocycles. The lowest BCUT2D eigenvalue weighted by Crippen LogP contribution is -2.37. The van der Waals surface area contributed by atoms with Crippen LogP contribution in [0, 0.1) is 6.92 Å². The van der Waals surface area contributed by atoms with Crippen molar-refractivity contribution in [3.05, 3.63) is 59.2 Å². The van der Waals surface area contributed by atoms with Gasteiger partial charge in [-0.2, -0.15) is 0 Å². The van der Waals surface area contributed by atoms with Gasteiger partial charge in [-0.05, 0) is 63.2 Å². The number of hydrogen-bond acceptors (Lipinski definition) is 4. The SMILES string of the molecule is CN=C(NCCc1cc(C)ccc1OC)NCc1ccc(OCCCN(C)C)cc1. The molecule has 0 aliphatic heterocycles. The van der Waals surface area contributed by atoms with E-state index in [2.05, 4.69) is 65.8 Å². The Balaban J connectivity index is 1.74. The molecule has 164 valence electrons.